The maximum atomic E-state index is 11.0. The number of nitrogens with zero attached hydrogens (tertiary/aromatic N) is 1. The Morgan fingerprint density at radius 1 is 1.50 bits per heavy atom. The molecule has 0 fully saturated rings. The molecule has 58 valence electrons. The van der Waals surface area contributed by atoms with Crippen LogP contribution in [0.2, 0.25) is 0 Å². The summed E-state index contributed by atoms with van der Waals surface area (Å²) < 4.78 is 0. The van der Waals surface area contributed by atoms with Gasteiger partial charge in [0.2, 0.25) is 0 Å². The molecule has 0 N–H and O–H groups in total. The Balaban J connectivity index is 2.50. The normalized spacial score (nSPS) is 14.1. The molecule has 0 amide bonds. The molecule has 0 saturated heterocycles. The molecule has 12 heavy (non-hydrogen) atoms. The second kappa shape index (κ2) is 2.65. The maximum Gasteiger partial charge on any atom is 0.198 e. The summed E-state index contributed by atoms with van der Waals surface area (Å²) in [5, 5.41) is 8.76. The lowest BCUT2D eigenvalue weighted by Gasteiger charge is -1.94. The van der Waals surface area contributed by atoms with Crippen molar-refractivity contribution in [2.75, 3.05) is 0 Å². The molecule has 0 aliphatic carbocycles. The van der Waals surface area contributed by atoms with Crippen molar-refractivity contribution < 1.29 is 4.79 Å². The van der Waals surface area contributed by atoms with Crippen molar-refractivity contribution >= 4 is 16.9 Å². The fourth-order valence-corrected chi connectivity index (χ4v) is 2.11. The zero-order valence-corrected chi connectivity index (χ0v) is 7.02. The van der Waals surface area contributed by atoms with E-state index in [0.717, 1.165) is 10.5 Å². The standard InChI is InChI=1S/C9H5NOS/c10-5-6-1-2-7-4-9(11)12-8(7)3-6/h1-3H,4H2. The summed E-state index contributed by atoms with van der Waals surface area (Å²) in [7, 11) is 0. The van der Waals surface area contributed by atoms with Crippen LogP contribution in [-0.2, 0) is 11.2 Å². The molecule has 1 heterocycles. The summed E-state index contributed by atoms with van der Waals surface area (Å²) in [6.07, 6.45) is 0.506. The first-order valence-electron chi connectivity index (χ1n) is 3.53. The van der Waals surface area contributed by atoms with Crippen molar-refractivity contribution in [1.29, 1.82) is 5.26 Å². The third-order valence-electron chi connectivity index (χ3n) is 1.75. The second-order valence-electron chi connectivity index (χ2n) is 2.59. The molecular formula is C9H5NOS. The molecule has 0 bridgehead atoms. The lowest BCUT2D eigenvalue weighted by Crippen LogP contribution is -1.86. The van der Waals surface area contributed by atoms with Gasteiger partial charge in [-0.05, 0) is 17.7 Å². The van der Waals surface area contributed by atoms with E-state index < -0.39 is 0 Å². The number of benzene rings is 1. The lowest BCUT2D eigenvalue weighted by atomic mass is 10.1. The van der Waals surface area contributed by atoms with Crippen molar-refractivity contribution in [3.63, 3.8) is 0 Å². The highest BCUT2D eigenvalue weighted by Gasteiger charge is 2.18. The van der Waals surface area contributed by atoms with Gasteiger partial charge in [0, 0.05) is 11.3 Å². The number of carbonyl (C=O) groups is 1. The van der Waals surface area contributed by atoms with Crippen LogP contribution >= 0.6 is 11.8 Å². The van der Waals surface area contributed by atoms with Gasteiger partial charge in [-0.15, -0.1) is 0 Å². The van der Waals surface area contributed by atoms with Crippen LogP contribution in [0.3, 0.4) is 0 Å². The third kappa shape index (κ3) is 1.10. The summed E-state index contributed by atoms with van der Waals surface area (Å²) in [5.41, 5.74) is 1.67. The van der Waals surface area contributed by atoms with E-state index in [2.05, 4.69) is 0 Å². The van der Waals surface area contributed by atoms with Gasteiger partial charge in [0.1, 0.15) is 0 Å². The van der Waals surface area contributed by atoms with Crippen molar-refractivity contribution in [1.82, 2.24) is 0 Å². The van der Waals surface area contributed by atoms with Crippen LogP contribution in [0.5, 0.6) is 0 Å². The predicted octanol–water partition coefficient (Wildman–Crippen LogP) is 1.73. The Labute approximate surface area is 74.2 Å². The highest BCUT2D eigenvalue weighted by atomic mass is 32.2. The predicted molar refractivity (Wildman–Crippen MR) is 45.7 cm³/mol. The fourth-order valence-electron chi connectivity index (χ4n) is 1.18. The SMILES string of the molecule is N#Cc1ccc2c(c1)SC(=O)C2. The molecule has 0 spiro atoms. The summed E-state index contributed by atoms with van der Waals surface area (Å²) in [6, 6.07) is 7.42. The van der Waals surface area contributed by atoms with Gasteiger partial charge < -0.3 is 0 Å². The van der Waals surface area contributed by atoms with Gasteiger partial charge in [-0.3, -0.25) is 4.79 Å². The molecule has 1 aliphatic heterocycles. The van der Waals surface area contributed by atoms with E-state index >= 15 is 0 Å². The Kier molecular flexibility index (Phi) is 1.63. The number of hydrogen-bond donors (Lipinski definition) is 0. The minimum Gasteiger partial charge on any atom is -0.286 e. The fraction of sp³-hybridized carbons (Fsp3) is 0.111. The van der Waals surface area contributed by atoms with Crippen LogP contribution in [0.25, 0.3) is 0 Å². The van der Waals surface area contributed by atoms with Crippen LogP contribution < -0.4 is 0 Å². The smallest absolute Gasteiger partial charge is 0.198 e. The Morgan fingerprint density at radius 3 is 3.08 bits per heavy atom. The Hall–Kier alpha value is -1.27. The van der Waals surface area contributed by atoms with E-state index in [1.165, 1.54) is 11.8 Å². The van der Waals surface area contributed by atoms with E-state index in [9.17, 15) is 4.79 Å². The zero-order chi connectivity index (χ0) is 8.55. The zero-order valence-electron chi connectivity index (χ0n) is 6.20. The van der Waals surface area contributed by atoms with Gasteiger partial charge in [-0.25, -0.2) is 0 Å². The van der Waals surface area contributed by atoms with Gasteiger partial charge in [-0.1, -0.05) is 17.8 Å². The minimum atomic E-state index is 0.167. The first-order chi connectivity index (χ1) is 5.79. The van der Waals surface area contributed by atoms with Crippen molar-refractivity contribution in [3.05, 3.63) is 29.3 Å². The number of hydrogen-bond acceptors (Lipinski definition) is 3. The Bertz CT molecular complexity index is 392. The van der Waals surface area contributed by atoms with Gasteiger partial charge in [0.25, 0.3) is 0 Å². The first kappa shape index (κ1) is 7.38. The van der Waals surface area contributed by atoms with E-state index in [1.807, 2.05) is 12.1 Å². The number of rotatable bonds is 0. The highest BCUT2D eigenvalue weighted by molar-refractivity contribution is 8.14. The van der Waals surface area contributed by atoms with Gasteiger partial charge >= 0.3 is 0 Å². The van der Waals surface area contributed by atoms with Gasteiger partial charge in [0.05, 0.1) is 11.6 Å². The van der Waals surface area contributed by atoms with E-state index in [0.29, 0.717) is 12.0 Å². The molecule has 0 aromatic heterocycles. The van der Waals surface area contributed by atoms with Crippen molar-refractivity contribution in [2.24, 2.45) is 0 Å². The third-order valence-corrected chi connectivity index (χ3v) is 2.73. The average molecular weight is 175 g/mol. The molecule has 3 heteroatoms. The largest absolute Gasteiger partial charge is 0.286 e. The molecule has 2 nitrogen and oxygen atoms in total. The van der Waals surface area contributed by atoms with Crippen LogP contribution in [0.1, 0.15) is 11.1 Å². The molecule has 1 aliphatic rings. The summed E-state index contributed by atoms with van der Waals surface area (Å²) in [6.45, 7) is 0. The quantitative estimate of drug-likeness (QED) is 0.603. The first-order valence-corrected chi connectivity index (χ1v) is 4.35. The summed E-state index contributed by atoms with van der Waals surface area (Å²) >= 11 is 1.23. The molecular weight excluding hydrogens is 170 g/mol. The van der Waals surface area contributed by atoms with Gasteiger partial charge in [-0.2, -0.15) is 5.26 Å². The van der Waals surface area contributed by atoms with Crippen molar-refractivity contribution in [2.45, 2.75) is 11.3 Å². The number of carbonyl (C=O) groups excluding carboxylic acids is 1. The van der Waals surface area contributed by atoms with Crippen LogP contribution in [0.4, 0.5) is 0 Å². The van der Waals surface area contributed by atoms with Gasteiger partial charge in [0.15, 0.2) is 5.12 Å². The molecule has 0 atom stereocenters. The van der Waals surface area contributed by atoms with Crippen LogP contribution in [0.15, 0.2) is 23.1 Å². The number of thioether (sulfide) groups is 1. The molecule has 0 saturated carbocycles. The number of fused-ring (bicyclic) bond motifs is 1. The molecule has 1 aromatic rings. The van der Waals surface area contributed by atoms with Crippen molar-refractivity contribution in [3.8, 4) is 6.07 Å². The molecule has 2 rings (SSSR count). The molecule has 0 radical (unpaired) electrons. The highest BCUT2D eigenvalue weighted by Crippen LogP contribution is 2.32. The van der Waals surface area contributed by atoms with E-state index in [1.54, 1.807) is 12.1 Å². The second-order valence-corrected chi connectivity index (χ2v) is 3.68. The Morgan fingerprint density at radius 2 is 2.33 bits per heavy atom. The molecule has 1 aromatic carbocycles. The topological polar surface area (TPSA) is 40.9 Å². The van der Waals surface area contributed by atoms with E-state index in [-0.39, 0.29) is 5.12 Å². The van der Waals surface area contributed by atoms with Crippen LogP contribution in [0, 0.1) is 11.3 Å². The monoisotopic (exact) mass is 175 g/mol. The number of nitriles is 1. The summed E-state index contributed by atoms with van der Waals surface area (Å²) in [5.74, 6) is 0. The lowest BCUT2D eigenvalue weighted by molar-refractivity contribution is -0.110. The van der Waals surface area contributed by atoms with Crippen LogP contribution in [-0.4, -0.2) is 5.12 Å². The molecule has 0 unspecified atom stereocenters. The minimum absolute atomic E-state index is 0.167. The average Bonchev–Trinajstić information content (AvgIpc) is 2.43. The maximum absolute atomic E-state index is 11.0. The van der Waals surface area contributed by atoms with E-state index in [4.69, 9.17) is 5.26 Å². The summed E-state index contributed by atoms with van der Waals surface area (Å²) in [4.78, 5) is 11.9.